The summed E-state index contributed by atoms with van der Waals surface area (Å²) in [5.41, 5.74) is 7.14. The zero-order valence-corrected chi connectivity index (χ0v) is 12.7. The van der Waals surface area contributed by atoms with Crippen LogP contribution < -0.4 is 11.1 Å². The van der Waals surface area contributed by atoms with Crippen LogP contribution >= 0.6 is 23.8 Å². The lowest BCUT2D eigenvalue weighted by atomic mass is 10.1. The van der Waals surface area contributed by atoms with E-state index >= 15 is 0 Å². The molecule has 0 atom stereocenters. The van der Waals surface area contributed by atoms with E-state index in [1.165, 1.54) is 12.1 Å². The predicted molar refractivity (Wildman–Crippen MR) is 86.4 cm³/mol. The summed E-state index contributed by atoms with van der Waals surface area (Å²) in [6, 6.07) is 9.14. The molecule has 2 aromatic carbocycles. The van der Waals surface area contributed by atoms with Crippen molar-refractivity contribution in [3.05, 3.63) is 63.9 Å². The minimum Gasteiger partial charge on any atom is -0.389 e. The second-order valence-corrected chi connectivity index (χ2v) is 5.34. The highest BCUT2D eigenvalue weighted by Gasteiger charge is 2.13. The van der Waals surface area contributed by atoms with Crippen molar-refractivity contribution in [2.24, 2.45) is 5.73 Å². The average Bonchev–Trinajstić information content (AvgIpc) is 2.40. The molecule has 0 aliphatic carbocycles. The second kappa shape index (κ2) is 6.20. The molecule has 0 fully saturated rings. The van der Waals surface area contributed by atoms with Crippen LogP contribution in [0.5, 0.6) is 0 Å². The van der Waals surface area contributed by atoms with Crippen LogP contribution in [0.4, 0.5) is 10.1 Å². The Balaban J connectivity index is 2.25. The highest BCUT2D eigenvalue weighted by molar-refractivity contribution is 7.80. The summed E-state index contributed by atoms with van der Waals surface area (Å²) in [4.78, 5) is 12.3. The van der Waals surface area contributed by atoms with Crippen molar-refractivity contribution in [3.63, 3.8) is 0 Å². The van der Waals surface area contributed by atoms with Crippen LogP contribution in [0.15, 0.2) is 36.4 Å². The first kappa shape index (κ1) is 15.4. The number of nitrogens with one attached hydrogen (secondary N) is 1. The van der Waals surface area contributed by atoms with Crippen molar-refractivity contribution in [3.8, 4) is 0 Å². The van der Waals surface area contributed by atoms with E-state index in [0.29, 0.717) is 11.3 Å². The lowest BCUT2D eigenvalue weighted by Crippen LogP contribution is -2.15. The molecule has 2 aromatic rings. The molecule has 3 nitrogen and oxygen atoms in total. The van der Waals surface area contributed by atoms with Gasteiger partial charge in [-0.2, -0.15) is 0 Å². The van der Waals surface area contributed by atoms with E-state index in [-0.39, 0.29) is 15.6 Å². The molecule has 0 aromatic heterocycles. The standard InChI is InChI=1S/C15H12ClFN2OS/c1-8-2-4-10(12(17)6-8)15(20)19-13-5-3-9(14(18)21)7-11(13)16/h2-7H,1H3,(H2,18,21)(H,19,20). The molecule has 0 aliphatic rings. The first-order valence-corrected chi connectivity index (χ1v) is 6.84. The number of nitrogens with two attached hydrogens (primary N) is 1. The third-order valence-electron chi connectivity index (χ3n) is 2.87. The molecule has 0 radical (unpaired) electrons. The Bertz CT molecular complexity index is 734. The first-order chi connectivity index (χ1) is 9.88. The lowest BCUT2D eigenvalue weighted by Gasteiger charge is -2.09. The molecule has 0 saturated carbocycles. The number of aryl methyl sites for hydroxylation is 1. The Hall–Kier alpha value is -1.98. The van der Waals surface area contributed by atoms with Crippen molar-refractivity contribution in [2.45, 2.75) is 6.92 Å². The highest BCUT2D eigenvalue weighted by Crippen LogP contribution is 2.24. The summed E-state index contributed by atoms with van der Waals surface area (Å²) in [5, 5.41) is 2.84. The quantitative estimate of drug-likeness (QED) is 0.848. The fourth-order valence-corrected chi connectivity index (χ4v) is 2.12. The SMILES string of the molecule is Cc1ccc(C(=O)Nc2ccc(C(N)=S)cc2Cl)c(F)c1. The van der Waals surface area contributed by atoms with Crippen molar-refractivity contribution in [1.82, 2.24) is 0 Å². The van der Waals surface area contributed by atoms with Gasteiger partial charge in [-0.05, 0) is 42.8 Å². The minimum absolute atomic E-state index is 0.0462. The van der Waals surface area contributed by atoms with Gasteiger partial charge in [0.15, 0.2) is 0 Å². The number of benzene rings is 2. The fraction of sp³-hybridized carbons (Fsp3) is 0.0667. The van der Waals surface area contributed by atoms with Gasteiger partial charge in [0.25, 0.3) is 5.91 Å². The molecule has 108 valence electrons. The Morgan fingerprint density at radius 3 is 2.57 bits per heavy atom. The molecule has 0 saturated heterocycles. The van der Waals surface area contributed by atoms with Gasteiger partial charge in [-0.25, -0.2) is 4.39 Å². The van der Waals surface area contributed by atoms with Crippen molar-refractivity contribution in [2.75, 3.05) is 5.32 Å². The van der Waals surface area contributed by atoms with Crippen LogP contribution in [0.25, 0.3) is 0 Å². The minimum atomic E-state index is -0.580. The maximum atomic E-state index is 13.7. The van der Waals surface area contributed by atoms with E-state index in [4.69, 9.17) is 29.6 Å². The number of amides is 1. The predicted octanol–water partition coefficient (Wildman–Crippen LogP) is 3.67. The van der Waals surface area contributed by atoms with E-state index in [1.54, 1.807) is 31.2 Å². The zero-order valence-electron chi connectivity index (χ0n) is 11.1. The molecule has 0 unspecified atom stereocenters. The van der Waals surface area contributed by atoms with Gasteiger partial charge in [0, 0.05) is 5.56 Å². The van der Waals surface area contributed by atoms with Gasteiger partial charge in [-0.1, -0.05) is 29.9 Å². The number of rotatable bonds is 3. The fourth-order valence-electron chi connectivity index (χ4n) is 1.76. The van der Waals surface area contributed by atoms with Crippen LogP contribution in [0.1, 0.15) is 21.5 Å². The molecule has 3 N–H and O–H groups in total. The van der Waals surface area contributed by atoms with Gasteiger partial charge in [0.1, 0.15) is 10.8 Å². The Kier molecular flexibility index (Phi) is 4.55. The molecule has 0 spiro atoms. The smallest absolute Gasteiger partial charge is 0.258 e. The molecule has 0 aliphatic heterocycles. The third kappa shape index (κ3) is 3.56. The molecule has 0 heterocycles. The van der Waals surface area contributed by atoms with E-state index in [0.717, 1.165) is 5.56 Å². The summed E-state index contributed by atoms with van der Waals surface area (Å²) in [6.07, 6.45) is 0. The van der Waals surface area contributed by atoms with Crippen molar-refractivity contribution < 1.29 is 9.18 Å². The van der Waals surface area contributed by atoms with Gasteiger partial charge in [0.05, 0.1) is 16.3 Å². The molecule has 1 amide bonds. The summed E-state index contributed by atoms with van der Waals surface area (Å²) in [7, 11) is 0. The van der Waals surface area contributed by atoms with Crippen molar-refractivity contribution in [1.29, 1.82) is 0 Å². The van der Waals surface area contributed by atoms with E-state index < -0.39 is 11.7 Å². The summed E-state index contributed by atoms with van der Waals surface area (Å²) in [6.45, 7) is 1.75. The maximum absolute atomic E-state index is 13.7. The van der Waals surface area contributed by atoms with Gasteiger partial charge in [-0.3, -0.25) is 4.79 Å². The van der Waals surface area contributed by atoms with Crippen molar-refractivity contribution >= 4 is 40.4 Å². The van der Waals surface area contributed by atoms with Crippen LogP contribution in [0.3, 0.4) is 0 Å². The Labute approximate surface area is 131 Å². The maximum Gasteiger partial charge on any atom is 0.258 e. The number of thiocarbonyl (C=S) groups is 1. The second-order valence-electron chi connectivity index (χ2n) is 4.50. The van der Waals surface area contributed by atoms with Gasteiger partial charge in [0.2, 0.25) is 0 Å². The third-order valence-corrected chi connectivity index (χ3v) is 3.42. The van der Waals surface area contributed by atoms with E-state index in [2.05, 4.69) is 5.32 Å². The van der Waals surface area contributed by atoms with Crippen LogP contribution in [0.2, 0.25) is 5.02 Å². The number of hydrogen-bond acceptors (Lipinski definition) is 2. The summed E-state index contributed by atoms with van der Waals surface area (Å²) in [5.74, 6) is -1.15. The van der Waals surface area contributed by atoms with Gasteiger partial charge in [-0.15, -0.1) is 0 Å². The normalized spacial score (nSPS) is 10.2. The topological polar surface area (TPSA) is 55.1 Å². The van der Waals surface area contributed by atoms with Crippen LogP contribution in [-0.2, 0) is 0 Å². The monoisotopic (exact) mass is 322 g/mol. The zero-order chi connectivity index (χ0) is 15.6. The molecular formula is C15H12ClFN2OS. The summed E-state index contributed by atoms with van der Waals surface area (Å²) < 4.78 is 13.7. The van der Waals surface area contributed by atoms with Gasteiger partial charge >= 0.3 is 0 Å². The number of anilines is 1. The van der Waals surface area contributed by atoms with E-state index in [1.807, 2.05) is 0 Å². The van der Waals surface area contributed by atoms with Crippen LogP contribution in [0, 0.1) is 12.7 Å². The number of carbonyl (C=O) groups is 1. The highest BCUT2D eigenvalue weighted by atomic mass is 35.5. The first-order valence-electron chi connectivity index (χ1n) is 6.05. The molecular weight excluding hydrogens is 311 g/mol. The molecule has 6 heteroatoms. The molecule has 21 heavy (non-hydrogen) atoms. The molecule has 2 rings (SSSR count). The van der Waals surface area contributed by atoms with Crippen LogP contribution in [-0.4, -0.2) is 10.9 Å². The number of carbonyl (C=O) groups excluding carboxylic acids is 1. The molecule has 0 bridgehead atoms. The van der Waals surface area contributed by atoms with E-state index in [9.17, 15) is 9.18 Å². The Morgan fingerprint density at radius 1 is 1.29 bits per heavy atom. The lowest BCUT2D eigenvalue weighted by molar-refractivity contribution is 0.102. The van der Waals surface area contributed by atoms with Gasteiger partial charge < -0.3 is 11.1 Å². The summed E-state index contributed by atoms with van der Waals surface area (Å²) >= 11 is 10.9. The number of halogens is 2. The number of hydrogen-bond donors (Lipinski definition) is 2. The average molecular weight is 323 g/mol. The Morgan fingerprint density at radius 2 is 2.00 bits per heavy atom. The largest absolute Gasteiger partial charge is 0.389 e.